The van der Waals surface area contributed by atoms with E-state index in [-0.39, 0.29) is 17.7 Å². The first kappa shape index (κ1) is 20.5. The van der Waals surface area contributed by atoms with Gasteiger partial charge < -0.3 is 10.2 Å². The van der Waals surface area contributed by atoms with Gasteiger partial charge in [0.15, 0.2) is 0 Å². The van der Waals surface area contributed by atoms with Crippen molar-refractivity contribution in [3.63, 3.8) is 0 Å². The predicted octanol–water partition coefficient (Wildman–Crippen LogP) is 3.78. The molecule has 1 aliphatic heterocycles. The molecule has 0 saturated carbocycles. The molecule has 1 aliphatic rings. The second-order valence-electron chi connectivity index (χ2n) is 7.61. The number of rotatable bonds is 6. The maximum absolute atomic E-state index is 13.1. The van der Waals surface area contributed by atoms with Crippen molar-refractivity contribution in [2.75, 3.05) is 19.6 Å². The van der Waals surface area contributed by atoms with Crippen LogP contribution in [-0.2, 0) is 11.2 Å². The summed E-state index contributed by atoms with van der Waals surface area (Å²) in [6.07, 6.45) is 3.23. The molecule has 1 saturated heterocycles. The summed E-state index contributed by atoms with van der Waals surface area (Å²) in [4.78, 5) is 35.7. The highest BCUT2D eigenvalue weighted by Crippen LogP contribution is 2.30. The van der Waals surface area contributed by atoms with Crippen LogP contribution in [0, 0.1) is 0 Å². The molecule has 0 aliphatic carbocycles. The van der Waals surface area contributed by atoms with E-state index in [1.54, 1.807) is 11.3 Å². The van der Waals surface area contributed by atoms with E-state index < -0.39 is 0 Å². The summed E-state index contributed by atoms with van der Waals surface area (Å²) in [6, 6.07) is 11.6. The van der Waals surface area contributed by atoms with Crippen LogP contribution in [0.2, 0.25) is 0 Å². The van der Waals surface area contributed by atoms with Crippen LogP contribution in [-0.4, -0.2) is 46.3 Å². The number of hydrogen-bond donors (Lipinski definition) is 1. The van der Waals surface area contributed by atoms with E-state index in [0.29, 0.717) is 25.2 Å². The van der Waals surface area contributed by atoms with Crippen molar-refractivity contribution in [2.24, 2.45) is 0 Å². The smallest absolute Gasteiger partial charge is 0.272 e. The van der Waals surface area contributed by atoms with Crippen LogP contribution in [0.3, 0.4) is 0 Å². The number of aromatic nitrogens is 2. The second-order valence-corrected chi connectivity index (χ2v) is 8.50. The van der Waals surface area contributed by atoms with Crippen LogP contribution in [0.15, 0.2) is 41.8 Å². The Bertz CT molecular complexity index is 1050. The van der Waals surface area contributed by atoms with E-state index in [2.05, 4.69) is 15.7 Å². The topological polar surface area (TPSA) is 75.2 Å². The number of para-hydroxylation sites is 1. The van der Waals surface area contributed by atoms with Crippen molar-refractivity contribution >= 4 is 34.1 Å². The van der Waals surface area contributed by atoms with Gasteiger partial charge in [-0.05, 0) is 25.0 Å². The van der Waals surface area contributed by atoms with E-state index in [0.717, 1.165) is 47.4 Å². The number of nitrogens with one attached hydrogen (secondary N) is 1. The molecule has 7 heteroatoms. The Hall–Kier alpha value is -2.80. The number of fused-ring (bicyclic) bond motifs is 1. The van der Waals surface area contributed by atoms with Gasteiger partial charge >= 0.3 is 0 Å². The third-order valence-electron chi connectivity index (χ3n) is 5.47. The monoisotopic (exact) mass is 422 g/mol. The zero-order valence-corrected chi connectivity index (χ0v) is 18.0. The van der Waals surface area contributed by atoms with Gasteiger partial charge in [0.05, 0.1) is 16.2 Å². The third kappa shape index (κ3) is 4.67. The summed E-state index contributed by atoms with van der Waals surface area (Å²) >= 11 is 1.65. The number of piperidine rings is 1. The second kappa shape index (κ2) is 9.34. The van der Waals surface area contributed by atoms with Gasteiger partial charge in [-0.2, -0.15) is 0 Å². The standard InChI is InChI=1S/C23H26N4O2S/c1-2-21(28)24-12-11-18-15-30-22(25-18)17-7-5-13-27(14-17)23(29)20-10-9-16-6-3-4-8-19(16)26-20/h3-4,6,8-10,15,17H,2,5,7,11-14H2,1H3,(H,24,28)/t17-/m0/s1. The van der Waals surface area contributed by atoms with Crippen LogP contribution in [0.5, 0.6) is 0 Å². The minimum absolute atomic E-state index is 0.00971. The molecule has 0 spiro atoms. The van der Waals surface area contributed by atoms with Gasteiger partial charge in [0, 0.05) is 49.2 Å². The quantitative estimate of drug-likeness (QED) is 0.656. The Labute approximate surface area is 180 Å². The highest BCUT2D eigenvalue weighted by Gasteiger charge is 2.28. The summed E-state index contributed by atoms with van der Waals surface area (Å²) in [6.45, 7) is 3.89. The van der Waals surface area contributed by atoms with E-state index in [4.69, 9.17) is 4.98 Å². The molecule has 4 rings (SSSR count). The minimum atomic E-state index is -0.00971. The van der Waals surface area contributed by atoms with E-state index in [1.807, 2.05) is 48.2 Å². The Morgan fingerprint density at radius 3 is 2.93 bits per heavy atom. The Morgan fingerprint density at radius 1 is 1.20 bits per heavy atom. The summed E-state index contributed by atoms with van der Waals surface area (Å²) in [5.41, 5.74) is 2.35. The van der Waals surface area contributed by atoms with Gasteiger partial charge in [0.2, 0.25) is 5.91 Å². The van der Waals surface area contributed by atoms with Crippen molar-refractivity contribution in [3.05, 3.63) is 58.2 Å². The first-order valence-electron chi connectivity index (χ1n) is 10.5. The molecule has 0 radical (unpaired) electrons. The number of carbonyl (C=O) groups excluding carboxylic acids is 2. The molecule has 0 bridgehead atoms. The Kier molecular flexibility index (Phi) is 6.38. The molecule has 6 nitrogen and oxygen atoms in total. The fourth-order valence-electron chi connectivity index (χ4n) is 3.79. The molecule has 2 amide bonds. The van der Waals surface area contributed by atoms with Crippen molar-refractivity contribution in [2.45, 2.75) is 38.5 Å². The van der Waals surface area contributed by atoms with Crippen molar-refractivity contribution in [3.8, 4) is 0 Å². The fraction of sp³-hybridized carbons (Fsp3) is 0.391. The average Bonchev–Trinajstić information content (AvgIpc) is 3.27. The number of thiazole rings is 1. The van der Waals surface area contributed by atoms with Crippen LogP contribution < -0.4 is 5.32 Å². The first-order valence-corrected chi connectivity index (χ1v) is 11.4. The van der Waals surface area contributed by atoms with Crippen molar-refractivity contribution < 1.29 is 9.59 Å². The maximum atomic E-state index is 13.1. The average molecular weight is 423 g/mol. The highest BCUT2D eigenvalue weighted by atomic mass is 32.1. The number of nitrogens with zero attached hydrogens (tertiary/aromatic N) is 3. The lowest BCUT2D eigenvalue weighted by Gasteiger charge is -2.31. The van der Waals surface area contributed by atoms with Gasteiger partial charge in [0.25, 0.3) is 5.91 Å². The lowest BCUT2D eigenvalue weighted by Crippen LogP contribution is -2.39. The Morgan fingerprint density at radius 2 is 2.07 bits per heavy atom. The molecule has 1 aromatic carbocycles. The first-order chi connectivity index (χ1) is 14.6. The summed E-state index contributed by atoms with van der Waals surface area (Å²) in [5.74, 6) is 0.311. The molecule has 3 heterocycles. The molecule has 30 heavy (non-hydrogen) atoms. The molecular formula is C23H26N4O2S. The summed E-state index contributed by atoms with van der Waals surface area (Å²) < 4.78 is 0. The van der Waals surface area contributed by atoms with Crippen molar-refractivity contribution in [1.29, 1.82) is 0 Å². The van der Waals surface area contributed by atoms with Gasteiger partial charge in [0.1, 0.15) is 5.69 Å². The lowest BCUT2D eigenvalue weighted by atomic mass is 9.98. The van der Waals surface area contributed by atoms with E-state index >= 15 is 0 Å². The predicted molar refractivity (Wildman–Crippen MR) is 119 cm³/mol. The van der Waals surface area contributed by atoms with Crippen LogP contribution in [0.25, 0.3) is 10.9 Å². The number of pyridine rings is 1. The van der Waals surface area contributed by atoms with E-state index in [1.165, 1.54) is 0 Å². The molecular weight excluding hydrogens is 396 g/mol. The zero-order valence-electron chi connectivity index (χ0n) is 17.1. The third-order valence-corrected chi connectivity index (χ3v) is 6.53. The van der Waals surface area contributed by atoms with Crippen LogP contribution >= 0.6 is 11.3 Å². The molecule has 0 unspecified atom stereocenters. The van der Waals surface area contributed by atoms with Gasteiger partial charge in [-0.15, -0.1) is 11.3 Å². The van der Waals surface area contributed by atoms with Gasteiger partial charge in [-0.3, -0.25) is 9.59 Å². The molecule has 3 aromatic rings. The SMILES string of the molecule is CCC(=O)NCCc1csc([C@H]2CCCN(C(=O)c3ccc4ccccc4n3)C2)n1. The number of carbonyl (C=O) groups is 2. The molecule has 1 fully saturated rings. The summed E-state index contributed by atoms with van der Waals surface area (Å²) in [7, 11) is 0. The number of amides is 2. The maximum Gasteiger partial charge on any atom is 0.272 e. The Balaban J connectivity index is 1.40. The number of likely N-dealkylation sites (tertiary alicyclic amines) is 1. The highest BCUT2D eigenvalue weighted by molar-refractivity contribution is 7.09. The fourth-order valence-corrected chi connectivity index (χ4v) is 4.77. The molecule has 156 valence electrons. The zero-order chi connectivity index (χ0) is 20.9. The van der Waals surface area contributed by atoms with Crippen LogP contribution in [0.4, 0.5) is 0 Å². The lowest BCUT2D eigenvalue weighted by molar-refractivity contribution is -0.120. The molecule has 2 aromatic heterocycles. The molecule has 1 atom stereocenters. The van der Waals surface area contributed by atoms with Gasteiger partial charge in [-0.1, -0.05) is 31.2 Å². The summed E-state index contributed by atoms with van der Waals surface area (Å²) in [5, 5.41) is 7.07. The van der Waals surface area contributed by atoms with Gasteiger partial charge in [-0.25, -0.2) is 9.97 Å². The minimum Gasteiger partial charge on any atom is -0.356 e. The number of benzene rings is 1. The number of hydrogen-bond acceptors (Lipinski definition) is 5. The largest absolute Gasteiger partial charge is 0.356 e. The van der Waals surface area contributed by atoms with Crippen molar-refractivity contribution in [1.82, 2.24) is 20.2 Å². The molecule has 1 N–H and O–H groups in total. The van der Waals surface area contributed by atoms with Crippen LogP contribution in [0.1, 0.15) is 53.3 Å². The normalized spacial score (nSPS) is 16.6. The van der Waals surface area contributed by atoms with E-state index in [9.17, 15) is 9.59 Å².